The third kappa shape index (κ3) is 4.10. The Morgan fingerprint density at radius 2 is 1.89 bits per heavy atom. The van der Waals surface area contributed by atoms with Gasteiger partial charge < -0.3 is 14.8 Å². The van der Waals surface area contributed by atoms with Crippen molar-refractivity contribution in [3.8, 4) is 0 Å². The first-order valence-corrected chi connectivity index (χ1v) is 9.91. The lowest BCUT2D eigenvalue weighted by Gasteiger charge is -2.34. The van der Waals surface area contributed by atoms with Crippen LogP contribution >= 0.6 is 0 Å². The predicted octanol–water partition coefficient (Wildman–Crippen LogP) is 3.11. The normalized spacial score (nSPS) is 36.9. The fraction of sp³-hybridized carbons (Fsp3) is 0.650. The molecule has 1 aromatic rings. The van der Waals surface area contributed by atoms with E-state index in [1.807, 2.05) is 13.0 Å². The van der Waals surface area contributed by atoms with Crippen LogP contribution in [0.2, 0.25) is 0 Å². The second-order valence-corrected chi connectivity index (χ2v) is 8.00. The number of hydrogen-bond donors (Lipinski definition) is 3. The van der Waals surface area contributed by atoms with Crippen LogP contribution in [-0.2, 0) is 9.47 Å². The maximum Gasteiger partial charge on any atom is 0.407 e. The van der Waals surface area contributed by atoms with Crippen molar-refractivity contribution in [2.24, 2.45) is 5.92 Å². The number of cyclic esters (lactones) is 1. The largest absolute Gasteiger partial charge is 0.442 e. The monoisotopic (exact) mass is 377 g/mol. The number of amides is 1. The molecule has 3 aliphatic rings. The van der Waals surface area contributed by atoms with E-state index in [0.29, 0.717) is 24.1 Å². The molecule has 1 amide bonds. The van der Waals surface area contributed by atoms with Crippen LogP contribution in [0.5, 0.6) is 0 Å². The molecule has 4 rings (SSSR count). The average molecular weight is 377 g/mol. The molecular weight excluding hydrogens is 349 g/mol. The van der Waals surface area contributed by atoms with E-state index in [1.165, 1.54) is 6.07 Å². The minimum atomic E-state index is -0.525. The van der Waals surface area contributed by atoms with E-state index in [9.17, 15) is 9.18 Å². The highest BCUT2D eigenvalue weighted by atomic mass is 19.1. The van der Waals surface area contributed by atoms with Crippen LogP contribution in [0.1, 0.15) is 62.8 Å². The maximum absolute atomic E-state index is 14.3. The lowest BCUT2D eigenvalue weighted by atomic mass is 9.78. The molecule has 148 valence electrons. The SMILES string of the molecule is C[C@@H]1CCNC(=O)O[C@H](C)c2cc(F)cc(c2)C2NNC3CCC(CC32)O1. The number of benzene rings is 1. The van der Waals surface area contributed by atoms with Gasteiger partial charge in [-0.25, -0.2) is 14.6 Å². The Labute approximate surface area is 159 Å². The summed E-state index contributed by atoms with van der Waals surface area (Å²) in [6, 6.07) is 5.33. The summed E-state index contributed by atoms with van der Waals surface area (Å²) >= 11 is 0. The highest BCUT2D eigenvalue weighted by Crippen LogP contribution is 2.40. The minimum absolute atomic E-state index is 0.0114. The summed E-state index contributed by atoms with van der Waals surface area (Å²) in [5.41, 5.74) is 8.28. The van der Waals surface area contributed by atoms with Gasteiger partial charge in [0.15, 0.2) is 0 Å². The number of hydrazine groups is 1. The number of fused-ring (bicyclic) bond motifs is 4. The van der Waals surface area contributed by atoms with Gasteiger partial charge in [-0.3, -0.25) is 5.43 Å². The molecule has 0 aromatic heterocycles. The Morgan fingerprint density at radius 1 is 1.07 bits per heavy atom. The van der Waals surface area contributed by atoms with Crippen molar-refractivity contribution in [2.75, 3.05) is 6.54 Å². The van der Waals surface area contributed by atoms with Crippen LogP contribution in [-0.4, -0.2) is 30.9 Å². The van der Waals surface area contributed by atoms with E-state index in [2.05, 4.69) is 16.2 Å². The van der Waals surface area contributed by atoms with Crippen molar-refractivity contribution in [3.05, 3.63) is 35.1 Å². The highest BCUT2D eigenvalue weighted by molar-refractivity contribution is 5.67. The summed E-state index contributed by atoms with van der Waals surface area (Å²) in [7, 11) is 0. The summed E-state index contributed by atoms with van der Waals surface area (Å²) in [6.07, 6.45) is 2.94. The zero-order valence-electron chi connectivity index (χ0n) is 15.8. The molecule has 2 heterocycles. The van der Waals surface area contributed by atoms with Gasteiger partial charge in [0, 0.05) is 12.6 Å². The first kappa shape index (κ1) is 18.7. The van der Waals surface area contributed by atoms with Crippen LogP contribution in [0.25, 0.3) is 0 Å². The number of halogens is 1. The molecule has 6 nitrogen and oxygen atoms in total. The Kier molecular flexibility index (Phi) is 5.34. The third-order valence-corrected chi connectivity index (χ3v) is 6.00. The molecule has 1 aliphatic carbocycles. The quantitative estimate of drug-likeness (QED) is 0.648. The summed E-state index contributed by atoms with van der Waals surface area (Å²) in [4.78, 5) is 12.0. The van der Waals surface area contributed by atoms with Crippen LogP contribution < -0.4 is 16.2 Å². The van der Waals surface area contributed by atoms with Crippen LogP contribution in [0, 0.1) is 11.7 Å². The van der Waals surface area contributed by atoms with E-state index < -0.39 is 12.2 Å². The van der Waals surface area contributed by atoms with Crippen molar-refractivity contribution in [3.63, 3.8) is 0 Å². The van der Waals surface area contributed by atoms with E-state index in [-0.39, 0.29) is 24.1 Å². The number of nitrogens with one attached hydrogen (secondary N) is 3. The molecule has 7 heteroatoms. The van der Waals surface area contributed by atoms with Crippen LogP contribution in [0.4, 0.5) is 9.18 Å². The van der Waals surface area contributed by atoms with Crippen molar-refractivity contribution in [2.45, 2.75) is 69.9 Å². The van der Waals surface area contributed by atoms with Gasteiger partial charge in [0.05, 0.1) is 18.2 Å². The van der Waals surface area contributed by atoms with Crippen LogP contribution in [0.15, 0.2) is 18.2 Å². The minimum Gasteiger partial charge on any atom is -0.442 e. The molecule has 1 aromatic carbocycles. The molecule has 1 saturated heterocycles. The lowest BCUT2D eigenvalue weighted by Crippen LogP contribution is -2.38. The zero-order valence-corrected chi connectivity index (χ0v) is 15.8. The van der Waals surface area contributed by atoms with E-state index in [1.54, 1.807) is 13.0 Å². The van der Waals surface area contributed by atoms with Gasteiger partial charge >= 0.3 is 6.09 Å². The molecule has 0 radical (unpaired) electrons. The molecule has 4 unspecified atom stereocenters. The van der Waals surface area contributed by atoms with Gasteiger partial charge in [-0.2, -0.15) is 0 Å². The molecule has 2 aliphatic heterocycles. The van der Waals surface area contributed by atoms with Crippen molar-refractivity contribution in [1.82, 2.24) is 16.2 Å². The molecule has 0 spiro atoms. The fourth-order valence-corrected chi connectivity index (χ4v) is 4.57. The number of alkyl carbamates (subject to hydrolysis) is 1. The molecule has 6 atom stereocenters. The number of carbonyl (C=O) groups is 1. The number of ether oxygens (including phenoxy) is 2. The second-order valence-electron chi connectivity index (χ2n) is 8.00. The Bertz CT molecular complexity index is 701. The summed E-state index contributed by atoms with van der Waals surface area (Å²) in [5, 5.41) is 2.76. The Morgan fingerprint density at radius 3 is 2.74 bits per heavy atom. The average Bonchev–Trinajstić information content (AvgIpc) is 3.03. The molecule has 1 saturated carbocycles. The maximum atomic E-state index is 14.3. The Hall–Kier alpha value is -1.70. The topological polar surface area (TPSA) is 71.6 Å². The van der Waals surface area contributed by atoms with Crippen LogP contribution in [0.3, 0.4) is 0 Å². The van der Waals surface area contributed by atoms with Gasteiger partial charge in [0.25, 0.3) is 0 Å². The summed E-state index contributed by atoms with van der Waals surface area (Å²) < 4.78 is 26.0. The molecule has 2 fully saturated rings. The Balaban J connectivity index is 1.65. The molecule has 4 bridgehead atoms. The van der Waals surface area contributed by atoms with Gasteiger partial charge in [-0.05, 0) is 68.7 Å². The smallest absolute Gasteiger partial charge is 0.407 e. The van der Waals surface area contributed by atoms with Gasteiger partial charge in [0.1, 0.15) is 11.9 Å². The van der Waals surface area contributed by atoms with Crippen molar-refractivity contribution in [1.29, 1.82) is 0 Å². The highest BCUT2D eigenvalue weighted by Gasteiger charge is 2.42. The molecule has 27 heavy (non-hydrogen) atoms. The lowest BCUT2D eigenvalue weighted by molar-refractivity contribution is -0.0381. The van der Waals surface area contributed by atoms with E-state index in [4.69, 9.17) is 9.47 Å². The summed E-state index contributed by atoms with van der Waals surface area (Å²) in [6.45, 7) is 4.30. The first-order valence-electron chi connectivity index (χ1n) is 9.91. The second kappa shape index (κ2) is 7.73. The number of hydrogen-bond acceptors (Lipinski definition) is 5. The van der Waals surface area contributed by atoms with E-state index in [0.717, 1.165) is 31.2 Å². The van der Waals surface area contributed by atoms with Gasteiger partial charge in [-0.15, -0.1) is 0 Å². The molecule has 3 N–H and O–H groups in total. The zero-order chi connectivity index (χ0) is 19.0. The predicted molar refractivity (Wildman–Crippen MR) is 98.4 cm³/mol. The number of carbonyl (C=O) groups excluding carboxylic acids is 1. The summed E-state index contributed by atoms with van der Waals surface area (Å²) in [5.74, 6) is 0.0249. The van der Waals surface area contributed by atoms with Crippen molar-refractivity contribution < 1.29 is 18.7 Å². The number of rotatable bonds is 0. The first-order chi connectivity index (χ1) is 13.0. The van der Waals surface area contributed by atoms with Crippen molar-refractivity contribution >= 4 is 6.09 Å². The standard InChI is InChI=1S/C20H28FN3O3/c1-11-5-6-22-20(25)27-12(2)13-7-14(9-15(21)8-13)19-17-10-16(26-11)3-4-18(17)23-24-19/h7-9,11-12,16-19,23-24H,3-6,10H2,1-2H3,(H,22,25)/t11-,12-,16?,17?,18?,19?/m1/s1. The van der Waals surface area contributed by atoms with Gasteiger partial charge in [0.2, 0.25) is 0 Å². The fourth-order valence-electron chi connectivity index (χ4n) is 4.57. The molecular formula is C20H28FN3O3. The van der Waals surface area contributed by atoms with Gasteiger partial charge in [-0.1, -0.05) is 6.07 Å². The van der Waals surface area contributed by atoms with E-state index >= 15 is 0 Å². The third-order valence-electron chi connectivity index (χ3n) is 6.00.